The van der Waals surface area contributed by atoms with Crippen LogP contribution in [0.2, 0.25) is 0 Å². The number of aromatic hydroxyl groups is 1. The first-order valence-corrected chi connectivity index (χ1v) is 9.69. The number of thioether (sulfide) groups is 1. The van der Waals surface area contributed by atoms with Gasteiger partial charge in [0.25, 0.3) is 5.91 Å². The molecule has 0 aliphatic heterocycles. The van der Waals surface area contributed by atoms with E-state index < -0.39 is 0 Å². The molecule has 3 aromatic heterocycles. The van der Waals surface area contributed by atoms with E-state index in [1.807, 2.05) is 17.8 Å². The number of nitrogens with zero attached hydrogens (tertiary/aromatic N) is 4. The predicted molar refractivity (Wildman–Crippen MR) is 109 cm³/mol. The molecule has 29 heavy (non-hydrogen) atoms. The number of anilines is 1. The number of amides is 1. The minimum Gasteiger partial charge on any atom is -0.508 e. The Morgan fingerprint density at radius 1 is 1.21 bits per heavy atom. The van der Waals surface area contributed by atoms with Crippen molar-refractivity contribution in [1.82, 2.24) is 19.5 Å². The average Bonchev–Trinajstić information content (AvgIpc) is 3.36. The summed E-state index contributed by atoms with van der Waals surface area (Å²) in [7, 11) is 1.92. The summed E-state index contributed by atoms with van der Waals surface area (Å²) in [6.07, 6.45) is 6.62. The van der Waals surface area contributed by atoms with Gasteiger partial charge in [-0.3, -0.25) is 4.79 Å². The first-order valence-electron chi connectivity index (χ1n) is 8.70. The van der Waals surface area contributed by atoms with E-state index in [1.165, 1.54) is 24.2 Å². The second kappa shape index (κ2) is 8.19. The SMILES string of the molecule is Cn1ccnc1SCc1ccc(C(=O)Nc2cnc(-c3cccc(O)c3)nc2)o1. The highest BCUT2D eigenvalue weighted by atomic mass is 32.2. The fraction of sp³-hybridized carbons (Fsp3) is 0.100. The van der Waals surface area contributed by atoms with Gasteiger partial charge in [-0.1, -0.05) is 23.9 Å². The van der Waals surface area contributed by atoms with Crippen LogP contribution in [0.5, 0.6) is 5.75 Å². The number of nitrogens with one attached hydrogen (secondary N) is 1. The Morgan fingerprint density at radius 3 is 2.76 bits per heavy atom. The number of carbonyl (C=O) groups excluding carboxylic acids is 1. The number of furan rings is 1. The summed E-state index contributed by atoms with van der Waals surface area (Å²) in [4.78, 5) is 25.1. The Balaban J connectivity index is 1.38. The van der Waals surface area contributed by atoms with Gasteiger partial charge in [-0.05, 0) is 24.3 Å². The third-order valence-electron chi connectivity index (χ3n) is 4.02. The van der Waals surface area contributed by atoms with Crippen LogP contribution in [0.3, 0.4) is 0 Å². The number of phenolic OH excluding ortho intramolecular Hbond substituents is 1. The maximum atomic E-state index is 12.4. The molecule has 3 heterocycles. The molecule has 1 aromatic carbocycles. The lowest BCUT2D eigenvalue weighted by Crippen LogP contribution is -2.11. The quantitative estimate of drug-likeness (QED) is 0.469. The van der Waals surface area contributed by atoms with Gasteiger partial charge in [0.1, 0.15) is 11.5 Å². The van der Waals surface area contributed by atoms with E-state index in [0.717, 1.165) is 5.16 Å². The van der Waals surface area contributed by atoms with Gasteiger partial charge in [0, 0.05) is 25.0 Å². The number of imidazole rings is 1. The number of hydrogen-bond donors (Lipinski definition) is 2. The fourth-order valence-electron chi connectivity index (χ4n) is 2.58. The number of aryl methyl sites for hydroxylation is 1. The summed E-state index contributed by atoms with van der Waals surface area (Å²) >= 11 is 1.52. The number of hydrogen-bond acceptors (Lipinski definition) is 7. The van der Waals surface area contributed by atoms with Gasteiger partial charge in [-0.15, -0.1) is 0 Å². The largest absolute Gasteiger partial charge is 0.508 e. The number of phenols is 1. The van der Waals surface area contributed by atoms with Gasteiger partial charge in [-0.25, -0.2) is 15.0 Å². The van der Waals surface area contributed by atoms with E-state index in [4.69, 9.17) is 4.42 Å². The van der Waals surface area contributed by atoms with Crippen LogP contribution in [0.1, 0.15) is 16.3 Å². The van der Waals surface area contributed by atoms with Gasteiger partial charge in [0.05, 0.1) is 23.8 Å². The molecule has 0 bridgehead atoms. The Kier molecular flexibility index (Phi) is 5.30. The molecule has 0 atom stereocenters. The summed E-state index contributed by atoms with van der Waals surface area (Å²) in [5.74, 6) is 1.66. The Hall–Kier alpha value is -3.59. The Morgan fingerprint density at radius 2 is 2.03 bits per heavy atom. The smallest absolute Gasteiger partial charge is 0.291 e. The first kappa shape index (κ1) is 18.8. The molecule has 0 aliphatic rings. The predicted octanol–water partition coefficient (Wildman–Crippen LogP) is 3.72. The van der Waals surface area contributed by atoms with E-state index in [0.29, 0.717) is 28.6 Å². The Labute approximate surface area is 170 Å². The lowest BCUT2D eigenvalue weighted by molar-refractivity contribution is 0.0995. The van der Waals surface area contributed by atoms with Crippen molar-refractivity contribution in [1.29, 1.82) is 0 Å². The molecule has 0 fully saturated rings. The van der Waals surface area contributed by atoms with Crippen LogP contribution in [-0.4, -0.2) is 30.5 Å². The molecule has 0 unspecified atom stereocenters. The van der Waals surface area contributed by atoms with Crippen LogP contribution >= 0.6 is 11.8 Å². The van der Waals surface area contributed by atoms with Crippen LogP contribution in [-0.2, 0) is 12.8 Å². The van der Waals surface area contributed by atoms with Gasteiger partial charge < -0.3 is 19.4 Å². The van der Waals surface area contributed by atoms with Crippen LogP contribution in [0.4, 0.5) is 5.69 Å². The molecular formula is C20H17N5O3S. The molecule has 4 aromatic rings. The molecule has 9 heteroatoms. The van der Waals surface area contributed by atoms with Gasteiger partial charge >= 0.3 is 0 Å². The maximum Gasteiger partial charge on any atom is 0.291 e. The second-order valence-electron chi connectivity index (χ2n) is 6.18. The van der Waals surface area contributed by atoms with E-state index >= 15 is 0 Å². The third-order valence-corrected chi connectivity index (χ3v) is 5.10. The zero-order chi connectivity index (χ0) is 20.2. The standard InChI is InChI=1S/C20H17N5O3S/c1-25-8-7-21-20(25)29-12-16-5-6-17(28-16)19(27)24-14-10-22-18(23-11-14)13-3-2-4-15(26)9-13/h2-11,26H,12H2,1H3,(H,24,27). The zero-order valence-electron chi connectivity index (χ0n) is 15.4. The highest BCUT2D eigenvalue weighted by molar-refractivity contribution is 7.98. The van der Waals surface area contributed by atoms with Crippen molar-refractivity contribution in [2.24, 2.45) is 7.05 Å². The van der Waals surface area contributed by atoms with Crippen molar-refractivity contribution in [2.75, 3.05) is 5.32 Å². The number of aromatic nitrogens is 4. The van der Waals surface area contributed by atoms with Crippen LogP contribution in [0.25, 0.3) is 11.4 Å². The van der Waals surface area contributed by atoms with E-state index in [2.05, 4.69) is 20.3 Å². The normalized spacial score (nSPS) is 10.8. The Bertz CT molecular complexity index is 1140. The first-order chi connectivity index (χ1) is 14.1. The third kappa shape index (κ3) is 4.46. The summed E-state index contributed by atoms with van der Waals surface area (Å²) < 4.78 is 7.54. The van der Waals surface area contributed by atoms with Crippen LogP contribution in [0, 0.1) is 0 Å². The average molecular weight is 407 g/mol. The molecule has 0 radical (unpaired) electrons. The van der Waals surface area contributed by atoms with Crippen molar-refractivity contribution in [2.45, 2.75) is 10.9 Å². The maximum absolute atomic E-state index is 12.4. The molecule has 0 saturated carbocycles. The topological polar surface area (TPSA) is 106 Å². The number of carbonyl (C=O) groups is 1. The van der Waals surface area contributed by atoms with Gasteiger partial charge in [0.2, 0.25) is 0 Å². The van der Waals surface area contributed by atoms with Gasteiger partial charge in [-0.2, -0.15) is 0 Å². The highest BCUT2D eigenvalue weighted by Gasteiger charge is 2.13. The monoisotopic (exact) mass is 407 g/mol. The summed E-state index contributed by atoms with van der Waals surface area (Å²) in [6.45, 7) is 0. The second-order valence-corrected chi connectivity index (χ2v) is 7.12. The lowest BCUT2D eigenvalue weighted by Gasteiger charge is -2.04. The molecule has 1 amide bonds. The van der Waals surface area contributed by atoms with Crippen molar-refractivity contribution >= 4 is 23.4 Å². The lowest BCUT2D eigenvalue weighted by atomic mass is 10.2. The summed E-state index contributed by atoms with van der Waals surface area (Å²) in [5, 5.41) is 13.1. The summed E-state index contributed by atoms with van der Waals surface area (Å²) in [6, 6.07) is 10.1. The minimum atomic E-state index is -0.382. The molecule has 2 N–H and O–H groups in total. The van der Waals surface area contributed by atoms with Crippen molar-refractivity contribution in [3.63, 3.8) is 0 Å². The summed E-state index contributed by atoms with van der Waals surface area (Å²) in [5.41, 5.74) is 1.13. The molecule has 0 aliphatic carbocycles. The minimum absolute atomic E-state index is 0.137. The van der Waals surface area contributed by atoms with Crippen molar-refractivity contribution < 1.29 is 14.3 Å². The molecule has 146 valence electrons. The molecule has 0 spiro atoms. The molecule has 0 saturated heterocycles. The van der Waals surface area contributed by atoms with Crippen molar-refractivity contribution in [3.8, 4) is 17.1 Å². The zero-order valence-corrected chi connectivity index (χ0v) is 16.3. The van der Waals surface area contributed by atoms with E-state index in [1.54, 1.807) is 42.6 Å². The highest BCUT2D eigenvalue weighted by Crippen LogP contribution is 2.23. The molecular weight excluding hydrogens is 390 g/mol. The van der Waals surface area contributed by atoms with Crippen LogP contribution in [0.15, 0.2) is 70.8 Å². The number of benzene rings is 1. The van der Waals surface area contributed by atoms with Crippen LogP contribution < -0.4 is 5.32 Å². The number of rotatable bonds is 6. The van der Waals surface area contributed by atoms with E-state index in [9.17, 15) is 9.90 Å². The fourth-order valence-corrected chi connectivity index (χ4v) is 3.41. The van der Waals surface area contributed by atoms with Crippen molar-refractivity contribution in [3.05, 3.63) is 72.7 Å². The molecule has 4 rings (SSSR count). The van der Waals surface area contributed by atoms with Gasteiger partial charge in [0.15, 0.2) is 16.7 Å². The molecule has 8 nitrogen and oxygen atoms in total. The van der Waals surface area contributed by atoms with E-state index in [-0.39, 0.29) is 17.4 Å².